The van der Waals surface area contributed by atoms with Crippen molar-refractivity contribution >= 4 is 0 Å². The molecule has 1 fully saturated rings. The molecule has 0 aliphatic carbocycles. The van der Waals surface area contributed by atoms with Gasteiger partial charge in [0.2, 0.25) is 0 Å². The molecule has 0 unspecified atom stereocenters. The van der Waals surface area contributed by atoms with Crippen LogP contribution in [0.5, 0.6) is 0 Å². The van der Waals surface area contributed by atoms with Crippen molar-refractivity contribution in [2.75, 3.05) is 13.1 Å². The highest BCUT2D eigenvalue weighted by atomic mass is 15.1. The molecule has 0 aromatic carbocycles. The zero-order chi connectivity index (χ0) is 12.3. The normalized spacial score (nSPS) is 17.4. The highest BCUT2D eigenvalue weighted by molar-refractivity contribution is 5.16. The number of nitrogens with one attached hydrogen (secondary N) is 1. The second-order valence-corrected chi connectivity index (χ2v) is 4.99. The molecule has 0 radical (unpaired) electrons. The van der Waals surface area contributed by atoms with E-state index in [0.717, 1.165) is 19.5 Å². The third-order valence-electron chi connectivity index (χ3n) is 3.74. The summed E-state index contributed by atoms with van der Waals surface area (Å²) >= 11 is 0. The Labute approximate surface area is 104 Å². The average molecular weight is 233 g/mol. The van der Waals surface area contributed by atoms with Crippen molar-refractivity contribution in [3.05, 3.63) is 30.0 Å². The number of allylic oxidation sites excluding steroid dienone is 1. The van der Waals surface area contributed by atoms with E-state index < -0.39 is 0 Å². The van der Waals surface area contributed by atoms with Gasteiger partial charge in [-0.2, -0.15) is 0 Å². The van der Waals surface area contributed by atoms with Gasteiger partial charge in [-0.25, -0.2) is 4.98 Å². The fourth-order valence-corrected chi connectivity index (χ4v) is 2.70. The molecule has 0 spiro atoms. The Balaban J connectivity index is 1.90. The van der Waals surface area contributed by atoms with E-state index in [1.54, 1.807) is 0 Å². The van der Waals surface area contributed by atoms with Crippen LogP contribution in [0.15, 0.2) is 18.6 Å². The average Bonchev–Trinajstić information content (AvgIpc) is 2.76. The molecule has 3 heteroatoms. The number of aromatic amines is 1. The molecule has 0 saturated carbocycles. The number of imidazole rings is 1. The van der Waals surface area contributed by atoms with Crippen molar-refractivity contribution in [1.29, 1.82) is 0 Å². The number of hydrogen-bond donors (Lipinski definition) is 1. The topological polar surface area (TPSA) is 31.9 Å². The molecule has 1 saturated heterocycles. The van der Waals surface area contributed by atoms with Crippen molar-refractivity contribution in [2.45, 2.75) is 45.4 Å². The van der Waals surface area contributed by atoms with Crippen LogP contribution in [0.25, 0.3) is 0 Å². The Hall–Kier alpha value is -1.25. The van der Waals surface area contributed by atoms with Crippen molar-refractivity contribution in [1.82, 2.24) is 14.9 Å². The molecule has 2 rings (SSSR count). The van der Waals surface area contributed by atoms with Crippen molar-refractivity contribution in [3.63, 3.8) is 0 Å². The Morgan fingerprint density at radius 2 is 2.24 bits per heavy atom. The molecule has 17 heavy (non-hydrogen) atoms. The Morgan fingerprint density at radius 1 is 1.53 bits per heavy atom. The van der Waals surface area contributed by atoms with Gasteiger partial charge in [0.05, 0.1) is 12.0 Å². The summed E-state index contributed by atoms with van der Waals surface area (Å²) < 4.78 is 0. The monoisotopic (exact) mass is 233 g/mol. The molecule has 1 N–H and O–H groups in total. The minimum Gasteiger partial charge on any atom is -0.375 e. The molecule has 1 aliphatic heterocycles. The Kier molecular flexibility index (Phi) is 3.87. The number of H-pyrrole nitrogens is 1. The van der Waals surface area contributed by atoms with Crippen molar-refractivity contribution in [2.24, 2.45) is 0 Å². The van der Waals surface area contributed by atoms with Crippen LogP contribution in [-0.4, -0.2) is 28.0 Å². The Bertz CT molecular complexity index is 373. The van der Waals surface area contributed by atoms with E-state index in [4.69, 9.17) is 0 Å². The zero-order valence-corrected chi connectivity index (χ0v) is 11.0. The lowest BCUT2D eigenvalue weighted by Gasteiger charge is -2.34. The van der Waals surface area contributed by atoms with Gasteiger partial charge >= 0.3 is 0 Å². The van der Waals surface area contributed by atoms with E-state index in [1.807, 2.05) is 6.33 Å². The van der Waals surface area contributed by atoms with Gasteiger partial charge in [0.25, 0.3) is 0 Å². The predicted molar refractivity (Wildman–Crippen MR) is 70.9 cm³/mol. The molecule has 1 aromatic heterocycles. The summed E-state index contributed by atoms with van der Waals surface area (Å²) in [4.78, 5) is 10.1. The fourth-order valence-electron chi connectivity index (χ4n) is 2.70. The van der Waals surface area contributed by atoms with E-state index in [2.05, 4.69) is 35.3 Å². The fraction of sp³-hybridized carbons (Fsp3) is 0.643. The quantitative estimate of drug-likeness (QED) is 0.866. The van der Waals surface area contributed by atoms with Gasteiger partial charge in [-0.3, -0.25) is 0 Å². The molecule has 1 aliphatic rings. The first kappa shape index (κ1) is 12.2. The number of likely N-dealkylation sites (tertiary alicyclic amines) is 1. The molecular formula is C14H23N3. The third kappa shape index (κ3) is 2.71. The SMILES string of the molecule is C=C(CCC)N1CCC(c2nc[nH]c2C)CC1. The maximum Gasteiger partial charge on any atom is 0.0925 e. The summed E-state index contributed by atoms with van der Waals surface area (Å²) in [6.07, 6.45) is 6.54. The van der Waals surface area contributed by atoms with E-state index in [9.17, 15) is 0 Å². The van der Waals surface area contributed by atoms with Gasteiger partial charge < -0.3 is 9.88 Å². The molecule has 1 aromatic rings. The van der Waals surface area contributed by atoms with Crippen LogP contribution >= 0.6 is 0 Å². The van der Waals surface area contributed by atoms with Crippen LogP contribution in [0.3, 0.4) is 0 Å². The lowest BCUT2D eigenvalue weighted by Crippen LogP contribution is -2.32. The Morgan fingerprint density at radius 3 is 2.76 bits per heavy atom. The van der Waals surface area contributed by atoms with Crippen LogP contribution in [-0.2, 0) is 0 Å². The smallest absolute Gasteiger partial charge is 0.0925 e. The standard InChI is InChI=1S/C14H23N3/c1-4-5-11(2)17-8-6-13(7-9-17)14-12(3)15-10-16-14/h10,13H,2,4-9H2,1,3H3,(H,15,16). The van der Waals surface area contributed by atoms with Crippen LogP contribution < -0.4 is 0 Å². The molecule has 0 amide bonds. The van der Waals surface area contributed by atoms with Crippen LogP contribution in [0.4, 0.5) is 0 Å². The maximum atomic E-state index is 4.45. The van der Waals surface area contributed by atoms with Crippen LogP contribution in [0, 0.1) is 6.92 Å². The van der Waals surface area contributed by atoms with E-state index in [0.29, 0.717) is 5.92 Å². The molecule has 0 atom stereocenters. The molecule has 94 valence electrons. The van der Waals surface area contributed by atoms with Crippen LogP contribution in [0.2, 0.25) is 0 Å². The number of aromatic nitrogens is 2. The lowest BCUT2D eigenvalue weighted by molar-refractivity contribution is 0.254. The first-order valence-electron chi connectivity index (χ1n) is 6.65. The summed E-state index contributed by atoms with van der Waals surface area (Å²) in [6.45, 7) is 10.8. The lowest BCUT2D eigenvalue weighted by atomic mass is 9.92. The number of piperidine rings is 1. The summed E-state index contributed by atoms with van der Waals surface area (Å²) in [6, 6.07) is 0. The van der Waals surface area contributed by atoms with Crippen molar-refractivity contribution in [3.8, 4) is 0 Å². The molecule has 2 heterocycles. The van der Waals surface area contributed by atoms with Crippen molar-refractivity contribution < 1.29 is 0 Å². The predicted octanol–water partition coefficient (Wildman–Crippen LogP) is 3.21. The van der Waals surface area contributed by atoms with Gasteiger partial charge in [0.1, 0.15) is 0 Å². The first-order chi connectivity index (χ1) is 8.22. The van der Waals surface area contributed by atoms with Gasteiger partial charge in [0, 0.05) is 30.4 Å². The summed E-state index contributed by atoms with van der Waals surface area (Å²) in [5, 5.41) is 0. The van der Waals surface area contributed by atoms with Crippen LogP contribution in [0.1, 0.15) is 49.9 Å². The zero-order valence-electron chi connectivity index (χ0n) is 11.0. The number of rotatable bonds is 4. The van der Waals surface area contributed by atoms with Gasteiger partial charge in [0.15, 0.2) is 0 Å². The third-order valence-corrected chi connectivity index (χ3v) is 3.74. The number of nitrogens with zero attached hydrogens (tertiary/aromatic N) is 2. The molecular weight excluding hydrogens is 210 g/mol. The largest absolute Gasteiger partial charge is 0.375 e. The van der Waals surface area contributed by atoms with E-state index in [1.165, 1.54) is 36.3 Å². The minimum absolute atomic E-state index is 0.631. The molecule has 3 nitrogen and oxygen atoms in total. The number of hydrogen-bond acceptors (Lipinski definition) is 2. The highest BCUT2D eigenvalue weighted by Gasteiger charge is 2.23. The number of aryl methyl sites for hydroxylation is 1. The summed E-state index contributed by atoms with van der Waals surface area (Å²) in [5.41, 5.74) is 3.81. The van der Waals surface area contributed by atoms with E-state index >= 15 is 0 Å². The van der Waals surface area contributed by atoms with E-state index in [-0.39, 0.29) is 0 Å². The molecule has 0 bridgehead atoms. The van der Waals surface area contributed by atoms with Gasteiger partial charge in [-0.1, -0.05) is 19.9 Å². The second kappa shape index (κ2) is 5.39. The summed E-state index contributed by atoms with van der Waals surface area (Å²) in [7, 11) is 0. The second-order valence-electron chi connectivity index (χ2n) is 4.99. The maximum absolute atomic E-state index is 4.45. The van der Waals surface area contributed by atoms with Gasteiger partial charge in [-0.15, -0.1) is 0 Å². The minimum atomic E-state index is 0.631. The summed E-state index contributed by atoms with van der Waals surface area (Å²) in [5.74, 6) is 0.631. The first-order valence-corrected chi connectivity index (χ1v) is 6.65. The van der Waals surface area contributed by atoms with Gasteiger partial charge in [-0.05, 0) is 26.2 Å². The highest BCUT2D eigenvalue weighted by Crippen LogP contribution is 2.29.